The Morgan fingerprint density at radius 1 is 1.27 bits per heavy atom. The Morgan fingerprint density at radius 2 is 2.00 bits per heavy atom. The lowest BCUT2D eigenvalue weighted by atomic mass is 9.96. The van der Waals surface area contributed by atoms with E-state index >= 15 is 0 Å². The van der Waals surface area contributed by atoms with Gasteiger partial charge in [0.2, 0.25) is 5.95 Å². The highest BCUT2D eigenvalue weighted by molar-refractivity contribution is 5.76. The Labute approximate surface area is 151 Å². The molecule has 2 aromatic heterocycles. The van der Waals surface area contributed by atoms with Gasteiger partial charge in [-0.3, -0.25) is 9.78 Å². The average molecular weight is 350 g/mol. The van der Waals surface area contributed by atoms with Gasteiger partial charge in [-0.1, -0.05) is 39.0 Å². The highest BCUT2D eigenvalue weighted by Gasteiger charge is 2.20. The van der Waals surface area contributed by atoms with Crippen molar-refractivity contribution in [1.82, 2.24) is 19.7 Å². The van der Waals surface area contributed by atoms with E-state index in [1.165, 1.54) is 6.20 Å². The van der Waals surface area contributed by atoms with E-state index in [9.17, 15) is 4.79 Å². The molecule has 0 saturated carbocycles. The van der Waals surface area contributed by atoms with Crippen LogP contribution in [0.1, 0.15) is 27.2 Å². The number of nitriles is 1. The highest BCUT2D eigenvalue weighted by Crippen LogP contribution is 2.21. The monoisotopic (exact) mass is 350 g/mol. The van der Waals surface area contributed by atoms with Crippen LogP contribution in [0.2, 0.25) is 0 Å². The summed E-state index contributed by atoms with van der Waals surface area (Å²) < 4.78 is 1.66. The number of aromatic nitrogens is 4. The summed E-state index contributed by atoms with van der Waals surface area (Å²) in [5, 5.41) is 13.7. The lowest BCUT2D eigenvalue weighted by Crippen LogP contribution is -2.35. The molecule has 7 nitrogen and oxygen atoms in total. The largest absolute Gasteiger partial charge is 0.341 e. The number of nitrogens with one attached hydrogen (secondary N) is 1. The van der Waals surface area contributed by atoms with Gasteiger partial charge in [-0.15, -0.1) is 0 Å². The van der Waals surface area contributed by atoms with Gasteiger partial charge in [0.15, 0.2) is 5.65 Å². The first-order valence-corrected chi connectivity index (χ1v) is 8.54. The minimum Gasteiger partial charge on any atom is -0.341 e. The lowest BCUT2D eigenvalue weighted by Gasteiger charge is -2.29. The molecule has 0 atom stereocenters. The van der Waals surface area contributed by atoms with Crippen molar-refractivity contribution in [2.24, 2.45) is 5.41 Å². The Morgan fingerprint density at radius 3 is 2.65 bits per heavy atom. The van der Waals surface area contributed by atoms with Crippen LogP contribution in [0.4, 0.5) is 5.95 Å². The third-order valence-electron chi connectivity index (χ3n) is 3.88. The summed E-state index contributed by atoms with van der Waals surface area (Å²) >= 11 is 0. The van der Waals surface area contributed by atoms with Crippen molar-refractivity contribution in [2.45, 2.75) is 27.2 Å². The number of benzene rings is 1. The van der Waals surface area contributed by atoms with Gasteiger partial charge in [-0.2, -0.15) is 15.3 Å². The van der Waals surface area contributed by atoms with E-state index in [1.807, 2.05) is 35.2 Å². The number of rotatable bonds is 5. The molecule has 7 heteroatoms. The Bertz CT molecular complexity index is 991. The number of hydrogen-bond acceptors (Lipinski definition) is 5. The molecule has 0 saturated heterocycles. The van der Waals surface area contributed by atoms with Crippen LogP contribution in [-0.2, 0) is 0 Å². The van der Waals surface area contributed by atoms with E-state index in [2.05, 4.69) is 41.9 Å². The van der Waals surface area contributed by atoms with Crippen molar-refractivity contribution in [3.8, 4) is 11.8 Å². The van der Waals surface area contributed by atoms with Gasteiger partial charge in [0.1, 0.15) is 5.39 Å². The van der Waals surface area contributed by atoms with Crippen molar-refractivity contribution in [3.05, 3.63) is 46.9 Å². The second-order valence-electron chi connectivity index (χ2n) is 7.41. The smallest absolute Gasteiger partial charge is 0.263 e. The quantitative estimate of drug-likeness (QED) is 0.764. The maximum atomic E-state index is 12.5. The van der Waals surface area contributed by atoms with Crippen molar-refractivity contribution < 1.29 is 0 Å². The second-order valence-corrected chi connectivity index (χ2v) is 7.41. The van der Waals surface area contributed by atoms with Crippen LogP contribution in [0.5, 0.6) is 0 Å². The molecule has 3 aromatic rings. The fourth-order valence-corrected chi connectivity index (χ4v) is 2.83. The van der Waals surface area contributed by atoms with E-state index in [0.717, 1.165) is 5.69 Å². The second kappa shape index (κ2) is 7.00. The lowest BCUT2D eigenvalue weighted by molar-refractivity contribution is 0.408. The molecule has 1 N–H and O–H groups in total. The molecule has 134 valence electrons. The van der Waals surface area contributed by atoms with Crippen LogP contribution in [0.25, 0.3) is 16.7 Å². The minimum absolute atomic E-state index is 0.0113. The molecule has 1 aromatic carbocycles. The fourth-order valence-electron chi connectivity index (χ4n) is 2.83. The maximum absolute atomic E-state index is 12.5. The summed E-state index contributed by atoms with van der Waals surface area (Å²) in [7, 11) is 0. The summed E-state index contributed by atoms with van der Waals surface area (Å²) in [6.45, 7) is 7.50. The van der Waals surface area contributed by atoms with Gasteiger partial charge in [0, 0.05) is 13.1 Å². The standard InChI is InChI=1S/C19H22N6O/c1-19(2,3)13-24(11-7-10-20)18-22-16-15(17(26)23-18)12-21-25(16)14-8-5-4-6-9-14/h4-6,8-9,12H,7,11,13H2,1-3H3,(H,22,23,26). The Kier molecular flexibility index (Phi) is 4.76. The van der Waals surface area contributed by atoms with Crippen LogP contribution >= 0.6 is 0 Å². The van der Waals surface area contributed by atoms with Gasteiger partial charge in [0.25, 0.3) is 5.56 Å². The Hall–Kier alpha value is -3.14. The molecule has 26 heavy (non-hydrogen) atoms. The third-order valence-corrected chi connectivity index (χ3v) is 3.88. The van der Waals surface area contributed by atoms with Gasteiger partial charge < -0.3 is 4.90 Å². The molecule has 0 aliphatic heterocycles. The molecule has 0 fully saturated rings. The van der Waals surface area contributed by atoms with Crippen molar-refractivity contribution in [1.29, 1.82) is 5.26 Å². The Balaban J connectivity index is 2.11. The molecule has 2 heterocycles. The molecule has 0 unspecified atom stereocenters. The number of fused-ring (bicyclic) bond motifs is 1. The molecule has 0 spiro atoms. The summed E-state index contributed by atoms with van der Waals surface area (Å²) in [5.41, 5.74) is 1.10. The molecule has 3 rings (SSSR count). The number of H-pyrrole nitrogens is 1. The molecule has 0 aliphatic carbocycles. The third kappa shape index (κ3) is 3.75. The normalized spacial score (nSPS) is 11.5. The van der Waals surface area contributed by atoms with E-state index in [1.54, 1.807) is 4.68 Å². The summed E-state index contributed by atoms with van der Waals surface area (Å²) in [5.74, 6) is 0.463. The predicted octanol–water partition coefficient (Wildman–Crippen LogP) is 2.87. The number of nitrogens with zero attached hydrogens (tertiary/aromatic N) is 5. The van der Waals surface area contributed by atoms with Gasteiger partial charge in [-0.05, 0) is 17.5 Å². The molecule has 0 radical (unpaired) electrons. The molecule has 0 amide bonds. The maximum Gasteiger partial charge on any atom is 0.263 e. The molecular formula is C19H22N6O. The van der Waals surface area contributed by atoms with Crippen molar-refractivity contribution >= 4 is 17.0 Å². The fraction of sp³-hybridized carbons (Fsp3) is 0.368. The molecular weight excluding hydrogens is 328 g/mol. The summed E-state index contributed by atoms with van der Waals surface area (Å²) in [6.07, 6.45) is 1.89. The number of hydrogen-bond donors (Lipinski definition) is 1. The zero-order valence-electron chi connectivity index (χ0n) is 15.2. The van der Waals surface area contributed by atoms with Crippen LogP contribution < -0.4 is 10.5 Å². The molecule has 0 bridgehead atoms. The number of aromatic amines is 1. The highest BCUT2D eigenvalue weighted by atomic mass is 16.1. The van der Waals surface area contributed by atoms with Gasteiger partial charge >= 0.3 is 0 Å². The zero-order chi connectivity index (χ0) is 18.7. The number of para-hydroxylation sites is 1. The van der Waals surface area contributed by atoms with Crippen LogP contribution in [0.15, 0.2) is 41.3 Å². The summed E-state index contributed by atoms with van der Waals surface area (Å²) in [6, 6.07) is 11.7. The first kappa shape index (κ1) is 17.7. The van der Waals surface area contributed by atoms with Crippen molar-refractivity contribution in [2.75, 3.05) is 18.0 Å². The van der Waals surface area contributed by atoms with Crippen molar-refractivity contribution in [3.63, 3.8) is 0 Å². The van der Waals surface area contributed by atoms with Gasteiger partial charge in [-0.25, -0.2) is 4.68 Å². The minimum atomic E-state index is -0.233. The van der Waals surface area contributed by atoms with E-state index in [4.69, 9.17) is 5.26 Å². The zero-order valence-corrected chi connectivity index (χ0v) is 15.2. The topological polar surface area (TPSA) is 90.6 Å². The summed E-state index contributed by atoms with van der Waals surface area (Å²) in [4.78, 5) is 22.0. The first-order chi connectivity index (χ1) is 12.4. The van der Waals surface area contributed by atoms with E-state index < -0.39 is 0 Å². The van der Waals surface area contributed by atoms with Gasteiger partial charge in [0.05, 0.1) is 24.4 Å². The van der Waals surface area contributed by atoms with Crippen LogP contribution in [0.3, 0.4) is 0 Å². The van der Waals surface area contributed by atoms with Crippen LogP contribution in [0, 0.1) is 16.7 Å². The number of anilines is 1. The van der Waals surface area contributed by atoms with E-state index in [-0.39, 0.29) is 11.0 Å². The molecule has 0 aliphatic rings. The average Bonchev–Trinajstić information content (AvgIpc) is 3.03. The first-order valence-electron chi connectivity index (χ1n) is 8.54. The SMILES string of the molecule is CC(C)(C)CN(CCC#N)c1nc2c(cnn2-c2ccccc2)c(=O)[nH]1. The predicted molar refractivity (Wildman–Crippen MR) is 101 cm³/mol. The van der Waals surface area contributed by atoms with E-state index in [0.29, 0.717) is 36.5 Å². The van der Waals surface area contributed by atoms with Crippen LogP contribution in [-0.4, -0.2) is 32.8 Å².